The van der Waals surface area contributed by atoms with Crippen molar-refractivity contribution in [1.82, 2.24) is 25.3 Å². The van der Waals surface area contributed by atoms with Crippen molar-refractivity contribution >= 4 is 11.9 Å². The van der Waals surface area contributed by atoms with Gasteiger partial charge >= 0.3 is 6.03 Å². The average Bonchev–Trinajstić information content (AvgIpc) is 3.23. The van der Waals surface area contributed by atoms with Crippen LogP contribution in [0.4, 0.5) is 9.18 Å². The van der Waals surface area contributed by atoms with Gasteiger partial charge in [0.2, 0.25) is 0 Å². The molecule has 2 aliphatic rings. The van der Waals surface area contributed by atoms with E-state index in [0.717, 1.165) is 44.7 Å². The van der Waals surface area contributed by atoms with E-state index >= 15 is 0 Å². The smallest absolute Gasteiger partial charge is 0.322 e. The molecule has 0 saturated carbocycles. The van der Waals surface area contributed by atoms with E-state index in [2.05, 4.69) is 33.8 Å². The molecular formula is C22H28FN5O2. The first-order valence-corrected chi connectivity index (χ1v) is 10.5. The van der Waals surface area contributed by atoms with Gasteiger partial charge in [-0.25, -0.2) is 9.18 Å². The number of halogens is 1. The Labute approximate surface area is 175 Å². The van der Waals surface area contributed by atoms with E-state index in [-0.39, 0.29) is 24.1 Å². The van der Waals surface area contributed by atoms with Gasteiger partial charge in [-0.3, -0.25) is 19.7 Å². The first-order chi connectivity index (χ1) is 14.4. The maximum absolute atomic E-state index is 14.3. The molecule has 4 rings (SSSR count). The molecule has 0 spiro atoms. The molecule has 7 nitrogen and oxygen atoms in total. The number of nitrogens with one attached hydrogen (secondary N) is 2. The molecule has 2 saturated heterocycles. The van der Waals surface area contributed by atoms with Crippen LogP contribution in [0.1, 0.15) is 36.6 Å². The molecule has 2 N–H and O–H groups in total. The van der Waals surface area contributed by atoms with Crippen LogP contribution in [-0.2, 0) is 24.3 Å². The molecule has 2 aromatic rings. The minimum atomic E-state index is -1.10. The van der Waals surface area contributed by atoms with Gasteiger partial charge in [0.25, 0.3) is 5.91 Å². The van der Waals surface area contributed by atoms with Crippen LogP contribution >= 0.6 is 0 Å². The highest BCUT2D eigenvalue weighted by molar-refractivity contribution is 6.07. The van der Waals surface area contributed by atoms with Crippen molar-refractivity contribution in [3.8, 4) is 0 Å². The summed E-state index contributed by atoms with van der Waals surface area (Å²) < 4.78 is 16.3. The summed E-state index contributed by atoms with van der Waals surface area (Å²) in [7, 11) is 0. The number of hydrogen-bond acceptors (Lipinski definition) is 4. The summed E-state index contributed by atoms with van der Waals surface area (Å²) in [6.07, 6.45) is 3.75. The molecule has 3 heterocycles. The fourth-order valence-corrected chi connectivity index (χ4v) is 4.70. The standard InChI is InChI=1S/C22H28FN5O2/c1-3-28-14-17(15(2)26-28)13-27-10-8-18(9-11-27)22(20(29)24-21(30)25-22)12-16-6-4-5-7-19(16)23/h4-7,14,18H,3,8-13H2,1-2H3,(H2,24,25,29,30)/t22-/m0/s1. The highest BCUT2D eigenvalue weighted by atomic mass is 19.1. The molecular weight excluding hydrogens is 385 g/mol. The molecule has 2 fully saturated rings. The van der Waals surface area contributed by atoms with E-state index in [1.54, 1.807) is 18.2 Å². The van der Waals surface area contributed by atoms with Crippen LogP contribution in [0.5, 0.6) is 0 Å². The largest absolute Gasteiger partial charge is 0.323 e. The molecule has 1 aromatic heterocycles. The van der Waals surface area contributed by atoms with Gasteiger partial charge < -0.3 is 5.32 Å². The third kappa shape index (κ3) is 3.84. The Kier molecular flexibility index (Phi) is 5.60. The zero-order chi connectivity index (χ0) is 21.3. The Hall–Kier alpha value is -2.74. The van der Waals surface area contributed by atoms with Crippen molar-refractivity contribution in [2.45, 2.75) is 51.7 Å². The Morgan fingerprint density at radius 1 is 1.20 bits per heavy atom. The summed E-state index contributed by atoms with van der Waals surface area (Å²) in [6.45, 7) is 7.37. The monoisotopic (exact) mass is 413 g/mol. The number of carbonyl (C=O) groups excluding carboxylic acids is 2. The van der Waals surface area contributed by atoms with Gasteiger partial charge in [-0.05, 0) is 57.3 Å². The number of amides is 3. The van der Waals surface area contributed by atoms with Gasteiger partial charge in [-0.1, -0.05) is 18.2 Å². The lowest BCUT2D eigenvalue weighted by atomic mass is 9.74. The van der Waals surface area contributed by atoms with E-state index in [0.29, 0.717) is 5.56 Å². The summed E-state index contributed by atoms with van der Waals surface area (Å²) in [4.78, 5) is 27.2. The second-order valence-corrected chi connectivity index (χ2v) is 8.29. The number of aryl methyl sites for hydroxylation is 2. The van der Waals surface area contributed by atoms with E-state index in [1.165, 1.54) is 11.6 Å². The van der Waals surface area contributed by atoms with Crippen molar-refractivity contribution in [2.75, 3.05) is 13.1 Å². The number of carbonyl (C=O) groups is 2. The number of benzene rings is 1. The fraction of sp³-hybridized carbons (Fsp3) is 0.500. The van der Waals surface area contributed by atoms with Crippen LogP contribution in [0, 0.1) is 18.7 Å². The Bertz CT molecular complexity index is 951. The van der Waals surface area contributed by atoms with E-state index in [1.807, 2.05) is 11.6 Å². The lowest BCUT2D eigenvalue weighted by molar-refractivity contribution is -0.126. The topological polar surface area (TPSA) is 79.3 Å². The third-order valence-corrected chi connectivity index (χ3v) is 6.45. The molecule has 0 unspecified atom stereocenters. The molecule has 1 atom stereocenters. The molecule has 30 heavy (non-hydrogen) atoms. The molecule has 0 bridgehead atoms. The van der Waals surface area contributed by atoms with Crippen molar-refractivity contribution in [3.63, 3.8) is 0 Å². The number of nitrogens with zero attached hydrogens (tertiary/aromatic N) is 3. The van der Waals surface area contributed by atoms with Gasteiger partial charge in [-0.2, -0.15) is 5.10 Å². The van der Waals surface area contributed by atoms with Gasteiger partial charge in [0.1, 0.15) is 11.4 Å². The summed E-state index contributed by atoms with van der Waals surface area (Å²) in [5, 5.41) is 9.74. The van der Waals surface area contributed by atoms with Crippen LogP contribution in [0.25, 0.3) is 0 Å². The molecule has 0 aliphatic carbocycles. The number of likely N-dealkylation sites (tertiary alicyclic amines) is 1. The number of hydrogen-bond donors (Lipinski definition) is 2. The van der Waals surface area contributed by atoms with Crippen LogP contribution in [0.15, 0.2) is 30.5 Å². The maximum Gasteiger partial charge on any atom is 0.322 e. The van der Waals surface area contributed by atoms with Crippen molar-refractivity contribution < 1.29 is 14.0 Å². The molecule has 160 valence electrons. The zero-order valence-electron chi connectivity index (χ0n) is 17.4. The Morgan fingerprint density at radius 3 is 2.53 bits per heavy atom. The summed E-state index contributed by atoms with van der Waals surface area (Å²) in [6, 6.07) is 5.95. The first kappa shape index (κ1) is 20.5. The number of imide groups is 1. The SMILES string of the molecule is CCn1cc(CN2CCC([C@]3(Cc4ccccc4F)NC(=O)NC3=O)CC2)c(C)n1. The second-order valence-electron chi connectivity index (χ2n) is 8.29. The summed E-state index contributed by atoms with van der Waals surface area (Å²) >= 11 is 0. The lowest BCUT2D eigenvalue weighted by Gasteiger charge is -2.40. The van der Waals surface area contributed by atoms with Crippen molar-refractivity contribution in [1.29, 1.82) is 0 Å². The van der Waals surface area contributed by atoms with E-state index < -0.39 is 11.6 Å². The second kappa shape index (κ2) is 8.18. The quantitative estimate of drug-likeness (QED) is 0.713. The number of piperidine rings is 1. The van der Waals surface area contributed by atoms with Gasteiger partial charge in [0, 0.05) is 31.3 Å². The number of rotatable bonds is 6. The fourth-order valence-electron chi connectivity index (χ4n) is 4.70. The van der Waals surface area contributed by atoms with E-state index in [9.17, 15) is 14.0 Å². The molecule has 0 radical (unpaired) electrons. The predicted molar refractivity (Wildman–Crippen MR) is 110 cm³/mol. The van der Waals surface area contributed by atoms with Crippen molar-refractivity contribution in [3.05, 3.63) is 53.1 Å². The number of urea groups is 1. The highest BCUT2D eigenvalue weighted by Crippen LogP contribution is 2.35. The third-order valence-electron chi connectivity index (χ3n) is 6.45. The van der Waals surface area contributed by atoms with Crippen LogP contribution < -0.4 is 10.6 Å². The van der Waals surface area contributed by atoms with Gasteiger partial charge in [-0.15, -0.1) is 0 Å². The number of aromatic nitrogens is 2. The Morgan fingerprint density at radius 2 is 1.93 bits per heavy atom. The van der Waals surface area contributed by atoms with Crippen LogP contribution in [0.3, 0.4) is 0 Å². The minimum Gasteiger partial charge on any atom is -0.323 e. The summed E-state index contributed by atoms with van der Waals surface area (Å²) in [5.41, 5.74) is 1.59. The molecule has 8 heteroatoms. The summed E-state index contributed by atoms with van der Waals surface area (Å²) in [5.74, 6) is -0.764. The van der Waals surface area contributed by atoms with Gasteiger partial charge in [0.05, 0.1) is 5.69 Å². The zero-order valence-corrected chi connectivity index (χ0v) is 17.4. The van der Waals surface area contributed by atoms with Crippen molar-refractivity contribution in [2.24, 2.45) is 5.92 Å². The first-order valence-electron chi connectivity index (χ1n) is 10.5. The predicted octanol–water partition coefficient (Wildman–Crippen LogP) is 2.38. The van der Waals surface area contributed by atoms with E-state index in [4.69, 9.17) is 0 Å². The maximum atomic E-state index is 14.3. The average molecular weight is 413 g/mol. The van der Waals surface area contributed by atoms with Crippen LogP contribution in [0.2, 0.25) is 0 Å². The van der Waals surface area contributed by atoms with Crippen LogP contribution in [-0.4, -0.2) is 45.2 Å². The lowest BCUT2D eigenvalue weighted by Crippen LogP contribution is -2.57. The minimum absolute atomic E-state index is 0.0562. The Balaban J connectivity index is 1.48. The highest BCUT2D eigenvalue weighted by Gasteiger charge is 2.52. The normalized spacial score (nSPS) is 22.9. The molecule has 2 aliphatic heterocycles. The molecule has 3 amide bonds. The van der Waals surface area contributed by atoms with Gasteiger partial charge in [0.15, 0.2) is 0 Å². The molecule has 1 aromatic carbocycles.